The molecule has 0 aliphatic carbocycles. The van der Waals surface area contributed by atoms with Crippen LogP contribution in [-0.2, 0) is 25.5 Å². The summed E-state index contributed by atoms with van der Waals surface area (Å²) in [4.78, 5) is 15.9. The van der Waals surface area contributed by atoms with Gasteiger partial charge in [0.1, 0.15) is 0 Å². The Morgan fingerprint density at radius 3 is 2.81 bits per heavy atom. The van der Waals surface area contributed by atoms with Gasteiger partial charge in [0.05, 0.1) is 17.1 Å². The Labute approximate surface area is 149 Å². The fourth-order valence-corrected chi connectivity index (χ4v) is 4.78. The van der Waals surface area contributed by atoms with Crippen LogP contribution in [0.25, 0.3) is 22.6 Å². The minimum atomic E-state index is -3.77. The highest BCUT2D eigenvalue weighted by molar-refractivity contribution is 7.86. The summed E-state index contributed by atoms with van der Waals surface area (Å²) in [6.45, 7) is 0.0830. The summed E-state index contributed by atoms with van der Waals surface area (Å²) in [5.74, 6) is -0.240. The maximum atomic E-state index is 12.5. The molecule has 0 spiro atoms. The number of benzene rings is 2. The molecule has 3 heterocycles. The van der Waals surface area contributed by atoms with Crippen molar-refractivity contribution in [1.29, 1.82) is 0 Å². The van der Waals surface area contributed by atoms with Crippen molar-refractivity contribution in [3.05, 3.63) is 59.3 Å². The zero-order valence-corrected chi connectivity index (χ0v) is 14.4. The summed E-state index contributed by atoms with van der Waals surface area (Å²) >= 11 is 0. The zero-order valence-electron chi connectivity index (χ0n) is 13.6. The Morgan fingerprint density at radius 1 is 1.12 bits per heavy atom. The molecule has 3 aromatic rings. The number of amides is 1. The quantitative estimate of drug-likeness (QED) is 0.512. The SMILES string of the molecule is O=C1Nc2ccc3c(c2/C1=C/c1cc2ccccc2[nH]1)CCOS3(=O)=O. The van der Waals surface area contributed by atoms with Crippen LogP contribution < -0.4 is 5.32 Å². The Kier molecular flexibility index (Phi) is 3.13. The number of carbonyl (C=O) groups excluding carboxylic acids is 1. The third-order valence-electron chi connectivity index (χ3n) is 4.74. The number of nitrogens with one attached hydrogen (secondary N) is 2. The average Bonchev–Trinajstić information content (AvgIpc) is 3.15. The van der Waals surface area contributed by atoms with E-state index < -0.39 is 10.1 Å². The van der Waals surface area contributed by atoms with Crippen LogP contribution in [0.15, 0.2) is 47.4 Å². The molecule has 2 N–H and O–H groups in total. The lowest BCUT2D eigenvalue weighted by Gasteiger charge is -2.19. The predicted octanol–water partition coefficient (Wildman–Crippen LogP) is 2.92. The van der Waals surface area contributed by atoms with Crippen molar-refractivity contribution in [1.82, 2.24) is 4.98 Å². The Bertz CT molecular complexity index is 1190. The van der Waals surface area contributed by atoms with Gasteiger partial charge in [-0.3, -0.25) is 8.98 Å². The average molecular weight is 366 g/mol. The van der Waals surface area contributed by atoms with E-state index in [0.29, 0.717) is 28.8 Å². The van der Waals surface area contributed by atoms with Gasteiger partial charge in [-0.15, -0.1) is 0 Å². The second kappa shape index (κ2) is 5.30. The lowest BCUT2D eigenvalue weighted by molar-refractivity contribution is -0.110. The minimum Gasteiger partial charge on any atom is -0.355 e. The van der Waals surface area contributed by atoms with Crippen LogP contribution in [-0.4, -0.2) is 25.9 Å². The number of hydrogen-bond acceptors (Lipinski definition) is 4. The van der Waals surface area contributed by atoms with Crippen LogP contribution in [0.5, 0.6) is 0 Å². The van der Waals surface area contributed by atoms with Gasteiger partial charge in [0.2, 0.25) is 0 Å². The number of H-pyrrole nitrogens is 1. The summed E-state index contributed by atoms with van der Waals surface area (Å²) in [7, 11) is -3.77. The van der Waals surface area contributed by atoms with E-state index >= 15 is 0 Å². The number of anilines is 1. The topological polar surface area (TPSA) is 88.3 Å². The molecule has 6 nitrogen and oxygen atoms in total. The highest BCUT2D eigenvalue weighted by atomic mass is 32.2. The van der Waals surface area contributed by atoms with E-state index in [4.69, 9.17) is 4.18 Å². The molecule has 130 valence electrons. The van der Waals surface area contributed by atoms with Crippen LogP contribution in [0, 0.1) is 0 Å². The molecule has 2 aromatic carbocycles. The smallest absolute Gasteiger partial charge is 0.297 e. The van der Waals surface area contributed by atoms with Gasteiger partial charge in [-0.2, -0.15) is 8.42 Å². The van der Waals surface area contributed by atoms with Gasteiger partial charge in [0, 0.05) is 22.5 Å². The number of fused-ring (bicyclic) bond motifs is 4. The number of aromatic nitrogens is 1. The van der Waals surface area contributed by atoms with Crippen molar-refractivity contribution in [3.8, 4) is 0 Å². The predicted molar refractivity (Wildman–Crippen MR) is 98.1 cm³/mol. The molecule has 5 rings (SSSR count). The first-order chi connectivity index (χ1) is 12.5. The summed E-state index contributed by atoms with van der Waals surface area (Å²) in [6.07, 6.45) is 2.21. The molecule has 26 heavy (non-hydrogen) atoms. The lowest BCUT2D eigenvalue weighted by atomic mass is 9.97. The number of rotatable bonds is 1. The minimum absolute atomic E-state index is 0.0830. The summed E-state index contributed by atoms with van der Waals surface area (Å²) in [5, 5.41) is 3.87. The van der Waals surface area contributed by atoms with Crippen LogP contribution in [0.3, 0.4) is 0 Å². The van der Waals surface area contributed by atoms with E-state index in [1.807, 2.05) is 30.3 Å². The molecule has 0 saturated heterocycles. The Morgan fingerprint density at radius 2 is 1.96 bits per heavy atom. The highest BCUT2D eigenvalue weighted by Crippen LogP contribution is 2.40. The van der Waals surface area contributed by atoms with Crippen molar-refractivity contribution in [3.63, 3.8) is 0 Å². The van der Waals surface area contributed by atoms with Crippen LogP contribution in [0.1, 0.15) is 16.8 Å². The van der Waals surface area contributed by atoms with E-state index in [1.165, 1.54) is 6.07 Å². The van der Waals surface area contributed by atoms with Crippen LogP contribution in [0.4, 0.5) is 5.69 Å². The van der Waals surface area contributed by atoms with Gasteiger partial charge < -0.3 is 10.3 Å². The standard InChI is InChI=1S/C19H14N2O4S/c22-19-14(10-12-9-11-3-1-2-4-15(11)20-12)18-13-7-8-25-26(23,24)17(13)6-5-16(18)21-19/h1-6,9-10,20H,7-8H2,(H,21,22)/b14-10-. The van der Waals surface area contributed by atoms with E-state index in [1.54, 1.807) is 12.1 Å². The molecule has 0 fully saturated rings. The van der Waals surface area contributed by atoms with Gasteiger partial charge in [0.15, 0.2) is 0 Å². The molecule has 1 aromatic heterocycles. The van der Waals surface area contributed by atoms with Crippen LogP contribution in [0.2, 0.25) is 0 Å². The van der Waals surface area contributed by atoms with Crippen molar-refractivity contribution in [2.75, 3.05) is 11.9 Å². The maximum absolute atomic E-state index is 12.5. The molecule has 0 bridgehead atoms. The highest BCUT2D eigenvalue weighted by Gasteiger charge is 2.34. The molecule has 7 heteroatoms. The molecular weight excluding hydrogens is 352 g/mol. The number of aromatic amines is 1. The second-order valence-electron chi connectivity index (χ2n) is 6.31. The Hall–Kier alpha value is -2.90. The molecular formula is C19H14N2O4S. The van der Waals surface area contributed by atoms with Crippen LogP contribution >= 0.6 is 0 Å². The molecule has 2 aliphatic heterocycles. The normalized spacial score (nSPS) is 19.4. The van der Waals surface area contributed by atoms with Gasteiger partial charge in [-0.05, 0) is 47.7 Å². The largest absolute Gasteiger partial charge is 0.355 e. The van der Waals surface area contributed by atoms with Gasteiger partial charge in [-0.1, -0.05) is 18.2 Å². The number of para-hydroxylation sites is 1. The second-order valence-corrected chi connectivity index (χ2v) is 7.90. The van der Waals surface area contributed by atoms with E-state index in [9.17, 15) is 13.2 Å². The van der Waals surface area contributed by atoms with E-state index in [-0.39, 0.29) is 17.4 Å². The van der Waals surface area contributed by atoms with Crippen molar-refractivity contribution < 1.29 is 17.4 Å². The van der Waals surface area contributed by atoms with E-state index in [0.717, 1.165) is 16.6 Å². The number of carbonyl (C=O) groups is 1. The first-order valence-corrected chi connectivity index (χ1v) is 9.60. The summed E-state index contributed by atoms with van der Waals surface area (Å²) in [6, 6.07) is 12.9. The Balaban J connectivity index is 1.72. The molecule has 1 amide bonds. The molecule has 0 atom stereocenters. The van der Waals surface area contributed by atoms with Crippen molar-refractivity contribution in [2.24, 2.45) is 0 Å². The van der Waals surface area contributed by atoms with Crippen molar-refractivity contribution >= 4 is 44.3 Å². The van der Waals surface area contributed by atoms with Crippen molar-refractivity contribution in [2.45, 2.75) is 11.3 Å². The van der Waals surface area contributed by atoms with Gasteiger partial charge in [-0.25, -0.2) is 0 Å². The summed E-state index contributed by atoms with van der Waals surface area (Å²) < 4.78 is 29.3. The molecule has 0 radical (unpaired) electrons. The monoisotopic (exact) mass is 366 g/mol. The van der Waals surface area contributed by atoms with Gasteiger partial charge >= 0.3 is 0 Å². The first-order valence-electron chi connectivity index (χ1n) is 8.19. The number of hydrogen-bond donors (Lipinski definition) is 2. The first kappa shape index (κ1) is 15.4. The molecule has 2 aliphatic rings. The lowest BCUT2D eigenvalue weighted by Crippen LogP contribution is -2.19. The fourth-order valence-electron chi connectivity index (χ4n) is 3.61. The van der Waals surface area contributed by atoms with Gasteiger partial charge in [0.25, 0.3) is 16.0 Å². The zero-order chi connectivity index (χ0) is 17.9. The molecule has 0 unspecified atom stereocenters. The van der Waals surface area contributed by atoms with E-state index in [2.05, 4.69) is 10.3 Å². The molecule has 0 saturated carbocycles. The fraction of sp³-hybridized carbons (Fsp3) is 0.105. The maximum Gasteiger partial charge on any atom is 0.297 e. The summed E-state index contributed by atoms with van der Waals surface area (Å²) in [5.41, 5.74) is 4.14. The third-order valence-corrected chi connectivity index (χ3v) is 6.14. The third kappa shape index (κ3) is 2.21.